The Labute approximate surface area is 238 Å². The highest BCUT2D eigenvalue weighted by Crippen LogP contribution is 2.47. The normalized spacial score (nSPS) is 27.9. The summed E-state index contributed by atoms with van der Waals surface area (Å²) in [7, 11) is 3.07. The Bertz CT molecular complexity index is 1220. The highest BCUT2D eigenvalue weighted by molar-refractivity contribution is 7.22. The Morgan fingerprint density at radius 3 is 2.49 bits per heavy atom. The smallest absolute Gasteiger partial charge is 0.222 e. The molecule has 5 heteroatoms. The Balaban J connectivity index is 1.35. The number of nitrogens with zero attached hydrogens (tertiary/aromatic N) is 2. The second kappa shape index (κ2) is 12.5. The van der Waals surface area contributed by atoms with E-state index in [1.807, 2.05) is 11.8 Å². The summed E-state index contributed by atoms with van der Waals surface area (Å²) in [5, 5.41) is 5.38. The lowest BCUT2D eigenvalue weighted by atomic mass is 9.74. The number of benzene rings is 1. The van der Waals surface area contributed by atoms with Crippen LogP contribution in [0.1, 0.15) is 71.8 Å². The number of rotatable bonds is 7. The lowest BCUT2D eigenvalue weighted by Gasteiger charge is -2.35. The lowest BCUT2D eigenvalue weighted by molar-refractivity contribution is -0.131. The first-order valence-electron chi connectivity index (χ1n) is 15.1. The van der Waals surface area contributed by atoms with E-state index < -0.39 is 0 Å². The molecule has 0 saturated carbocycles. The molecule has 208 valence electrons. The molecule has 1 saturated heterocycles. The number of likely N-dealkylation sites (tertiary alicyclic amines) is 1. The van der Waals surface area contributed by atoms with Crippen LogP contribution in [0.4, 0.5) is 0 Å². The van der Waals surface area contributed by atoms with Crippen molar-refractivity contribution >= 4 is 26.9 Å². The van der Waals surface area contributed by atoms with E-state index in [-0.39, 0.29) is 6.04 Å². The molecule has 2 aliphatic heterocycles. The summed E-state index contributed by atoms with van der Waals surface area (Å²) in [5.74, 6) is 1.65. The summed E-state index contributed by atoms with van der Waals surface area (Å²) < 4.78 is 0. The lowest BCUT2D eigenvalue weighted by Crippen LogP contribution is -2.46. The molecule has 5 atom stereocenters. The predicted octanol–water partition coefficient (Wildman–Crippen LogP) is 6.97. The van der Waals surface area contributed by atoms with Crippen LogP contribution in [0.3, 0.4) is 0 Å². The average Bonchev–Trinajstić information content (AvgIpc) is 3.34. The van der Waals surface area contributed by atoms with Crippen molar-refractivity contribution in [1.82, 2.24) is 10.2 Å². The van der Waals surface area contributed by atoms with Gasteiger partial charge >= 0.3 is 0 Å². The maximum Gasteiger partial charge on any atom is 0.222 e. The second-order valence-electron chi connectivity index (χ2n) is 11.9. The molecule has 4 aliphatic rings. The molecule has 0 bridgehead atoms. The van der Waals surface area contributed by atoms with Crippen LogP contribution in [0.25, 0.3) is 5.57 Å². The van der Waals surface area contributed by atoms with Crippen LogP contribution in [-0.2, 0) is 4.79 Å². The van der Waals surface area contributed by atoms with Gasteiger partial charge in [-0.2, -0.15) is 0 Å². The van der Waals surface area contributed by atoms with Gasteiger partial charge in [0.15, 0.2) is 0 Å². The van der Waals surface area contributed by atoms with Crippen LogP contribution < -0.4 is 5.32 Å². The van der Waals surface area contributed by atoms with Gasteiger partial charge in [-0.3, -0.25) is 9.79 Å². The Morgan fingerprint density at radius 1 is 1.08 bits per heavy atom. The minimum absolute atomic E-state index is 0.272. The first-order valence-corrected chi connectivity index (χ1v) is 15.7. The third kappa shape index (κ3) is 5.93. The van der Waals surface area contributed by atoms with Gasteiger partial charge in [0.05, 0.1) is 6.04 Å². The SMILES string of the molecule is CCC(=O)N1CCC(NCC2C(C)=C(P)CC3N=CC(C4C=CC(c5ccccc5)=C(C)C4)=C3C2CC)CC1. The summed E-state index contributed by atoms with van der Waals surface area (Å²) >= 11 is 0. The van der Waals surface area contributed by atoms with Gasteiger partial charge in [0, 0.05) is 44.2 Å². The van der Waals surface area contributed by atoms with E-state index in [1.165, 1.54) is 33.2 Å². The molecule has 2 heterocycles. The second-order valence-corrected chi connectivity index (χ2v) is 12.6. The molecule has 0 aromatic heterocycles. The fourth-order valence-corrected chi connectivity index (χ4v) is 7.70. The first-order chi connectivity index (χ1) is 18.9. The zero-order chi connectivity index (χ0) is 27.5. The quantitative estimate of drug-likeness (QED) is 0.378. The van der Waals surface area contributed by atoms with Crippen molar-refractivity contribution in [3.8, 4) is 0 Å². The van der Waals surface area contributed by atoms with E-state index in [1.54, 1.807) is 5.57 Å². The van der Waals surface area contributed by atoms with Crippen LogP contribution in [-0.4, -0.2) is 48.7 Å². The fourth-order valence-electron chi connectivity index (χ4n) is 7.26. The molecule has 5 unspecified atom stereocenters. The van der Waals surface area contributed by atoms with Gasteiger partial charge in [-0.1, -0.05) is 72.8 Å². The van der Waals surface area contributed by atoms with Gasteiger partial charge in [0.1, 0.15) is 0 Å². The van der Waals surface area contributed by atoms with Crippen molar-refractivity contribution in [2.75, 3.05) is 19.6 Å². The van der Waals surface area contributed by atoms with Crippen LogP contribution >= 0.6 is 9.24 Å². The van der Waals surface area contributed by atoms with Crippen LogP contribution in [0.2, 0.25) is 0 Å². The molecule has 0 spiro atoms. The van der Waals surface area contributed by atoms with Crippen LogP contribution in [0.15, 0.2) is 75.1 Å². The minimum Gasteiger partial charge on any atom is -0.343 e. The predicted molar refractivity (Wildman–Crippen MR) is 168 cm³/mol. The Morgan fingerprint density at radius 2 is 1.82 bits per heavy atom. The number of carbonyl (C=O) groups excluding carboxylic acids is 1. The van der Waals surface area contributed by atoms with E-state index in [9.17, 15) is 4.79 Å². The van der Waals surface area contributed by atoms with Gasteiger partial charge in [-0.15, -0.1) is 9.24 Å². The molecule has 39 heavy (non-hydrogen) atoms. The van der Waals surface area contributed by atoms with Crippen molar-refractivity contribution in [3.05, 3.63) is 75.7 Å². The number of carbonyl (C=O) groups is 1. The molecule has 1 aromatic rings. The van der Waals surface area contributed by atoms with Gasteiger partial charge in [-0.05, 0) is 80.1 Å². The molecule has 2 aliphatic carbocycles. The molecular formula is C34H46N3OP. The highest BCUT2D eigenvalue weighted by Gasteiger charge is 2.39. The van der Waals surface area contributed by atoms with E-state index in [0.29, 0.717) is 36.1 Å². The maximum absolute atomic E-state index is 12.1. The molecule has 4 nitrogen and oxygen atoms in total. The third-order valence-electron chi connectivity index (χ3n) is 9.63. The number of fused-ring (bicyclic) bond motifs is 1. The summed E-state index contributed by atoms with van der Waals surface area (Å²) in [6, 6.07) is 11.5. The molecule has 1 aromatic carbocycles. The van der Waals surface area contributed by atoms with E-state index >= 15 is 0 Å². The highest BCUT2D eigenvalue weighted by atomic mass is 31.0. The molecular weight excluding hydrogens is 497 g/mol. The van der Waals surface area contributed by atoms with Crippen LogP contribution in [0, 0.1) is 17.8 Å². The first kappa shape index (κ1) is 28.2. The zero-order valence-electron chi connectivity index (χ0n) is 24.2. The minimum atomic E-state index is 0.272. The van der Waals surface area contributed by atoms with Gasteiger partial charge < -0.3 is 10.2 Å². The standard InChI is InChI=1S/C34H46N3OP/c1-5-27-29(20-35-26-14-16-37(17-15-26)33(38)6-2)23(4)32(39)19-31-34(27)30(21-36-31)25-12-13-28(22(3)18-25)24-10-8-7-9-11-24/h7-13,21,25-27,29,31,35H,5-6,14-20,39H2,1-4H3. The maximum atomic E-state index is 12.1. The fraction of sp³-hybridized carbons (Fsp3) is 0.529. The molecule has 0 radical (unpaired) electrons. The van der Waals surface area contributed by atoms with Crippen LogP contribution in [0.5, 0.6) is 0 Å². The number of amides is 1. The Hall–Kier alpha value is -2.29. The van der Waals surface area contributed by atoms with Gasteiger partial charge in [-0.25, -0.2) is 0 Å². The Kier molecular flexibility index (Phi) is 9.04. The topological polar surface area (TPSA) is 44.7 Å². The number of hydrogen-bond acceptors (Lipinski definition) is 3. The van der Waals surface area contributed by atoms with Crippen molar-refractivity contribution in [2.45, 2.75) is 78.3 Å². The van der Waals surface area contributed by atoms with Crippen molar-refractivity contribution in [3.63, 3.8) is 0 Å². The van der Waals surface area contributed by atoms with E-state index in [4.69, 9.17) is 4.99 Å². The largest absolute Gasteiger partial charge is 0.343 e. The summed E-state index contributed by atoms with van der Waals surface area (Å²) in [6.45, 7) is 11.7. The van der Waals surface area contributed by atoms with Crippen molar-refractivity contribution < 1.29 is 4.79 Å². The van der Waals surface area contributed by atoms with Crippen molar-refractivity contribution in [1.29, 1.82) is 0 Å². The molecule has 1 amide bonds. The number of allylic oxidation sites excluding steroid dienone is 5. The molecule has 1 fully saturated rings. The third-order valence-corrected chi connectivity index (χ3v) is 10.3. The number of piperidine rings is 1. The van der Waals surface area contributed by atoms with Gasteiger partial charge in [0.25, 0.3) is 0 Å². The van der Waals surface area contributed by atoms with Gasteiger partial charge in [0.2, 0.25) is 5.91 Å². The number of nitrogens with one attached hydrogen (secondary N) is 1. The monoisotopic (exact) mass is 543 g/mol. The molecule has 1 N–H and O–H groups in total. The summed E-state index contributed by atoms with van der Waals surface area (Å²) in [5.41, 5.74) is 8.73. The zero-order valence-corrected chi connectivity index (χ0v) is 25.4. The van der Waals surface area contributed by atoms with Crippen molar-refractivity contribution in [2.24, 2.45) is 22.7 Å². The summed E-state index contributed by atoms with van der Waals surface area (Å²) in [4.78, 5) is 19.3. The number of hydrogen-bond donors (Lipinski definition) is 1. The van der Waals surface area contributed by atoms with E-state index in [0.717, 1.165) is 51.7 Å². The summed E-state index contributed by atoms with van der Waals surface area (Å²) in [6.07, 6.45) is 12.9. The van der Waals surface area contributed by atoms with E-state index in [2.05, 4.69) is 84.0 Å². The average molecular weight is 544 g/mol. The molecule has 5 rings (SSSR count). The number of aliphatic imine (C=N–C) groups is 1.